The molecular formula is C11H20N2O. The Morgan fingerprint density at radius 2 is 2.00 bits per heavy atom. The molecule has 2 fully saturated rings. The molecule has 0 atom stereocenters. The average molecular weight is 196 g/mol. The van der Waals surface area contributed by atoms with E-state index in [0.29, 0.717) is 5.41 Å². The minimum Gasteiger partial charge on any atom is -0.342 e. The SMILES string of the molecule is CC(=O)N1CCCC2(CCNCC2)C1. The predicted octanol–water partition coefficient (Wildman–Crippen LogP) is 0.998. The number of carbonyl (C=O) groups is 1. The monoisotopic (exact) mass is 196 g/mol. The van der Waals surface area contributed by atoms with Crippen molar-refractivity contribution in [2.45, 2.75) is 32.6 Å². The number of amides is 1. The zero-order valence-corrected chi connectivity index (χ0v) is 9.01. The van der Waals surface area contributed by atoms with E-state index in [-0.39, 0.29) is 5.91 Å². The number of piperidine rings is 2. The summed E-state index contributed by atoms with van der Waals surface area (Å²) >= 11 is 0. The third-order valence-electron chi connectivity index (χ3n) is 3.77. The summed E-state index contributed by atoms with van der Waals surface area (Å²) in [7, 11) is 0. The van der Waals surface area contributed by atoms with Crippen LogP contribution >= 0.6 is 0 Å². The first-order chi connectivity index (χ1) is 6.72. The number of hydrogen-bond donors (Lipinski definition) is 1. The van der Waals surface area contributed by atoms with Crippen LogP contribution in [0.1, 0.15) is 32.6 Å². The van der Waals surface area contributed by atoms with E-state index < -0.39 is 0 Å². The van der Waals surface area contributed by atoms with E-state index in [0.717, 1.165) is 26.2 Å². The molecule has 14 heavy (non-hydrogen) atoms. The van der Waals surface area contributed by atoms with Gasteiger partial charge in [-0.15, -0.1) is 0 Å². The lowest BCUT2D eigenvalue weighted by atomic mass is 9.73. The van der Waals surface area contributed by atoms with Crippen LogP contribution in [0.25, 0.3) is 0 Å². The fourth-order valence-electron chi connectivity index (χ4n) is 2.84. The molecule has 1 spiro atoms. The molecule has 0 saturated carbocycles. The van der Waals surface area contributed by atoms with Crippen LogP contribution in [0.2, 0.25) is 0 Å². The van der Waals surface area contributed by atoms with Gasteiger partial charge in [-0.1, -0.05) is 0 Å². The van der Waals surface area contributed by atoms with E-state index in [9.17, 15) is 4.79 Å². The summed E-state index contributed by atoms with van der Waals surface area (Å²) in [6.45, 7) is 5.94. The second-order valence-electron chi connectivity index (χ2n) is 4.79. The minimum atomic E-state index is 0.252. The first kappa shape index (κ1) is 9.97. The van der Waals surface area contributed by atoms with Gasteiger partial charge < -0.3 is 10.2 Å². The van der Waals surface area contributed by atoms with Crippen LogP contribution in [0.5, 0.6) is 0 Å². The average Bonchev–Trinajstić information content (AvgIpc) is 2.19. The molecule has 0 aromatic rings. The van der Waals surface area contributed by atoms with Crippen LogP contribution in [-0.2, 0) is 4.79 Å². The van der Waals surface area contributed by atoms with Crippen LogP contribution in [0.4, 0.5) is 0 Å². The highest BCUT2D eigenvalue weighted by Crippen LogP contribution is 2.37. The smallest absolute Gasteiger partial charge is 0.219 e. The fraction of sp³-hybridized carbons (Fsp3) is 0.909. The molecule has 1 amide bonds. The summed E-state index contributed by atoms with van der Waals surface area (Å²) in [4.78, 5) is 13.4. The molecule has 2 saturated heterocycles. The molecule has 1 N–H and O–H groups in total. The lowest BCUT2D eigenvalue weighted by Crippen LogP contribution is -2.49. The van der Waals surface area contributed by atoms with Gasteiger partial charge >= 0.3 is 0 Å². The lowest BCUT2D eigenvalue weighted by molar-refractivity contribution is -0.132. The van der Waals surface area contributed by atoms with Crippen molar-refractivity contribution in [3.05, 3.63) is 0 Å². The molecule has 0 unspecified atom stereocenters. The van der Waals surface area contributed by atoms with Gasteiger partial charge in [0.15, 0.2) is 0 Å². The van der Waals surface area contributed by atoms with Gasteiger partial charge in [0.25, 0.3) is 0 Å². The maximum Gasteiger partial charge on any atom is 0.219 e. The van der Waals surface area contributed by atoms with Crippen molar-refractivity contribution in [2.75, 3.05) is 26.2 Å². The Morgan fingerprint density at radius 1 is 1.29 bits per heavy atom. The molecule has 0 radical (unpaired) electrons. The zero-order valence-electron chi connectivity index (χ0n) is 9.01. The van der Waals surface area contributed by atoms with Gasteiger partial charge in [-0.25, -0.2) is 0 Å². The Morgan fingerprint density at radius 3 is 2.64 bits per heavy atom. The molecule has 3 heteroatoms. The zero-order chi connectivity index (χ0) is 10.0. The van der Waals surface area contributed by atoms with Gasteiger partial charge in [0.2, 0.25) is 5.91 Å². The summed E-state index contributed by atoms with van der Waals surface area (Å²) in [6.07, 6.45) is 5.01. The summed E-state index contributed by atoms with van der Waals surface area (Å²) < 4.78 is 0. The van der Waals surface area contributed by atoms with E-state index in [1.807, 2.05) is 4.90 Å². The Labute approximate surface area is 85.8 Å². The second kappa shape index (κ2) is 3.89. The number of carbonyl (C=O) groups excluding carboxylic acids is 1. The fourth-order valence-corrected chi connectivity index (χ4v) is 2.84. The molecule has 80 valence electrons. The first-order valence-corrected chi connectivity index (χ1v) is 5.68. The summed E-state index contributed by atoms with van der Waals surface area (Å²) in [6, 6.07) is 0. The normalized spacial score (nSPS) is 26.5. The Kier molecular flexibility index (Phi) is 2.77. The summed E-state index contributed by atoms with van der Waals surface area (Å²) in [5.74, 6) is 0.252. The summed E-state index contributed by atoms with van der Waals surface area (Å²) in [5.41, 5.74) is 0.454. The maximum absolute atomic E-state index is 11.3. The van der Waals surface area contributed by atoms with Crippen molar-refractivity contribution >= 4 is 5.91 Å². The standard InChI is InChI=1S/C11H20N2O/c1-10(14)13-8-2-3-11(9-13)4-6-12-7-5-11/h12H,2-9H2,1H3. The van der Waals surface area contributed by atoms with Crippen molar-refractivity contribution in [3.8, 4) is 0 Å². The molecule has 0 aromatic heterocycles. The lowest BCUT2D eigenvalue weighted by Gasteiger charge is -2.45. The van der Waals surface area contributed by atoms with Crippen molar-refractivity contribution in [2.24, 2.45) is 5.41 Å². The molecule has 2 heterocycles. The third kappa shape index (κ3) is 1.92. The van der Waals surface area contributed by atoms with Crippen LogP contribution < -0.4 is 5.32 Å². The Hall–Kier alpha value is -0.570. The van der Waals surface area contributed by atoms with Crippen molar-refractivity contribution in [3.63, 3.8) is 0 Å². The third-order valence-corrected chi connectivity index (χ3v) is 3.77. The van der Waals surface area contributed by atoms with Gasteiger partial charge in [0.05, 0.1) is 0 Å². The van der Waals surface area contributed by atoms with E-state index >= 15 is 0 Å². The molecule has 2 rings (SSSR count). The molecule has 0 bridgehead atoms. The molecule has 0 aliphatic carbocycles. The molecule has 2 aliphatic rings. The number of nitrogens with one attached hydrogen (secondary N) is 1. The number of likely N-dealkylation sites (tertiary alicyclic amines) is 1. The number of hydrogen-bond acceptors (Lipinski definition) is 2. The second-order valence-corrected chi connectivity index (χ2v) is 4.79. The highest BCUT2D eigenvalue weighted by atomic mass is 16.2. The van der Waals surface area contributed by atoms with Gasteiger partial charge in [-0.3, -0.25) is 4.79 Å². The van der Waals surface area contributed by atoms with E-state index in [1.165, 1.54) is 25.7 Å². The quantitative estimate of drug-likeness (QED) is 0.627. The molecule has 3 nitrogen and oxygen atoms in total. The minimum absolute atomic E-state index is 0.252. The maximum atomic E-state index is 11.3. The highest BCUT2D eigenvalue weighted by Gasteiger charge is 2.36. The van der Waals surface area contributed by atoms with Gasteiger partial charge in [0.1, 0.15) is 0 Å². The Bertz CT molecular complexity index is 216. The van der Waals surface area contributed by atoms with Crippen LogP contribution in [0.3, 0.4) is 0 Å². The van der Waals surface area contributed by atoms with Gasteiger partial charge in [0, 0.05) is 20.0 Å². The number of nitrogens with zero attached hydrogens (tertiary/aromatic N) is 1. The highest BCUT2D eigenvalue weighted by molar-refractivity contribution is 5.73. The van der Waals surface area contributed by atoms with Gasteiger partial charge in [-0.05, 0) is 44.2 Å². The predicted molar refractivity (Wildman–Crippen MR) is 56.0 cm³/mol. The molecule has 2 aliphatic heterocycles. The van der Waals surface area contributed by atoms with E-state index in [2.05, 4.69) is 5.32 Å². The molecular weight excluding hydrogens is 176 g/mol. The first-order valence-electron chi connectivity index (χ1n) is 5.68. The van der Waals surface area contributed by atoms with Crippen LogP contribution in [0.15, 0.2) is 0 Å². The van der Waals surface area contributed by atoms with Crippen molar-refractivity contribution < 1.29 is 4.79 Å². The molecule has 0 aromatic carbocycles. The van der Waals surface area contributed by atoms with Crippen LogP contribution in [-0.4, -0.2) is 37.0 Å². The topological polar surface area (TPSA) is 32.3 Å². The summed E-state index contributed by atoms with van der Waals surface area (Å²) in [5, 5.41) is 3.40. The van der Waals surface area contributed by atoms with Crippen molar-refractivity contribution in [1.82, 2.24) is 10.2 Å². The largest absolute Gasteiger partial charge is 0.342 e. The van der Waals surface area contributed by atoms with Crippen LogP contribution in [0, 0.1) is 5.41 Å². The Balaban J connectivity index is 2.01. The van der Waals surface area contributed by atoms with E-state index in [4.69, 9.17) is 0 Å². The van der Waals surface area contributed by atoms with E-state index in [1.54, 1.807) is 6.92 Å². The van der Waals surface area contributed by atoms with Gasteiger partial charge in [-0.2, -0.15) is 0 Å². The van der Waals surface area contributed by atoms with Crippen molar-refractivity contribution in [1.29, 1.82) is 0 Å². The number of rotatable bonds is 0.